The Labute approximate surface area is 180 Å². The van der Waals surface area contributed by atoms with Crippen LogP contribution in [0.1, 0.15) is 47.4 Å². The van der Waals surface area contributed by atoms with E-state index in [4.69, 9.17) is 4.74 Å². The SMILES string of the molecule is CCN(CC)CC(=O)OCN1C(=O)CCC(N2C(=O)c3ccccc3C2=O)C1=O.Cl. The lowest BCUT2D eigenvalue weighted by Crippen LogP contribution is -2.56. The predicted octanol–water partition coefficient (Wildman–Crippen LogP) is 1.06. The van der Waals surface area contributed by atoms with E-state index >= 15 is 0 Å². The van der Waals surface area contributed by atoms with Gasteiger partial charge in [-0.3, -0.25) is 33.8 Å². The molecule has 1 fully saturated rings. The first-order valence-electron chi connectivity index (χ1n) is 9.58. The molecule has 0 spiro atoms. The molecule has 30 heavy (non-hydrogen) atoms. The number of carbonyl (C=O) groups excluding carboxylic acids is 5. The Bertz CT molecular complexity index is 835. The highest BCUT2D eigenvalue weighted by Gasteiger charge is 2.47. The number of piperidine rings is 1. The summed E-state index contributed by atoms with van der Waals surface area (Å²) >= 11 is 0. The van der Waals surface area contributed by atoms with Crippen molar-refractivity contribution in [1.29, 1.82) is 0 Å². The number of nitrogens with zero attached hydrogens (tertiary/aromatic N) is 3. The smallest absolute Gasteiger partial charge is 0.321 e. The normalized spacial score (nSPS) is 18.6. The van der Waals surface area contributed by atoms with Crippen molar-refractivity contribution in [2.24, 2.45) is 0 Å². The zero-order chi connectivity index (χ0) is 21.1. The van der Waals surface area contributed by atoms with E-state index in [-0.39, 0.29) is 42.9 Å². The summed E-state index contributed by atoms with van der Waals surface area (Å²) in [4.78, 5) is 65.9. The number of amides is 4. The highest BCUT2D eigenvalue weighted by molar-refractivity contribution is 6.23. The Kier molecular flexibility index (Phi) is 7.69. The van der Waals surface area contributed by atoms with E-state index in [2.05, 4.69) is 0 Å². The van der Waals surface area contributed by atoms with Crippen LogP contribution in [0.3, 0.4) is 0 Å². The first-order valence-corrected chi connectivity index (χ1v) is 9.58. The first kappa shape index (κ1) is 23.5. The standard InChI is InChI=1S/C20H23N3O6.ClH/c1-3-21(4-2)11-17(25)29-12-22-16(24)10-9-15(20(22)28)23-18(26)13-7-5-6-8-14(13)19(23)27;/h5-8,15H,3-4,9-12H2,1-2H3;1H. The molecule has 0 N–H and O–H groups in total. The molecule has 0 aliphatic carbocycles. The van der Waals surface area contributed by atoms with E-state index < -0.39 is 42.4 Å². The number of imide groups is 2. The molecule has 3 rings (SSSR count). The predicted molar refractivity (Wildman–Crippen MR) is 108 cm³/mol. The van der Waals surface area contributed by atoms with E-state index in [1.165, 1.54) is 12.1 Å². The fourth-order valence-corrected chi connectivity index (χ4v) is 3.50. The highest BCUT2D eigenvalue weighted by atomic mass is 35.5. The topological polar surface area (TPSA) is 104 Å². The molecule has 2 aliphatic rings. The zero-order valence-electron chi connectivity index (χ0n) is 16.8. The van der Waals surface area contributed by atoms with Gasteiger partial charge in [-0.1, -0.05) is 26.0 Å². The number of likely N-dealkylation sites (N-methyl/N-ethyl adjacent to an activating group) is 1. The maximum absolute atomic E-state index is 12.9. The minimum atomic E-state index is -1.10. The molecule has 2 heterocycles. The Morgan fingerprint density at radius 1 is 1.07 bits per heavy atom. The summed E-state index contributed by atoms with van der Waals surface area (Å²) < 4.78 is 5.10. The van der Waals surface area contributed by atoms with Crippen molar-refractivity contribution >= 4 is 42.0 Å². The van der Waals surface area contributed by atoms with E-state index in [9.17, 15) is 24.0 Å². The van der Waals surface area contributed by atoms with Crippen LogP contribution in [-0.2, 0) is 19.1 Å². The summed E-state index contributed by atoms with van der Waals surface area (Å²) in [6.07, 6.45) is 0.0183. The second-order valence-electron chi connectivity index (χ2n) is 6.85. The van der Waals surface area contributed by atoms with Gasteiger partial charge in [0.25, 0.3) is 17.7 Å². The summed E-state index contributed by atoms with van der Waals surface area (Å²) in [6, 6.07) is 5.24. The van der Waals surface area contributed by atoms with Crippen LogP contribution in [0, 0.1) is 0 Å². The fourth-order valence-electron chi connectivity index (χ4n) is 3.50. The van der Waals surface area contributed by atoms with Crippen molar-refractivity contribution in [1.82, 2.24) is 14.7 Å². The highest BCUT2D eigenvalue weighted by Crippen LogP contribution is 2.28. The van der Waals surface area contributed by atoms with Crippen LogP contribution in [0.25, 0.3) is 0 Å². The molecule has 1 atom stereocenters. The van der Waals surface area contributed by atoms with Gasteiger partial charge in [0.1, 0.15) is 6.04 Å². The van der Waals surface area contributed by atoms with Crippen LogP contribution >= 0.6 is 12.4 Å². The number of hydrogen-bond donors (Lipinski definition) is 0. The Morgan fingerprint density at radius 3 is 2.17 bits per heavy atom. The molecule has 4 amide bonds. The lowest BCUT2D eigenvalue weighted by Gasteiger charge is -2.34. The van der Waals surface area contributed by atoms with Gasteiger partial charge in [-0.2, -0.15) is 0 Å². The van der Waals surface area contributed by atoms with Crippen molar-refractivity contribution in [2.75, 3.05) is 26.4 Å². The zero-order valence-corrected chi connectivity index (χ0v) is 17.6. The number of carbonyl (C=O) groups is 5. The van der Waals surface area contributed by atoms with E-state index in [1.807, 2.05) is 18.7 Å². The number of fused-ring (bicyclic) bond motifs is 1. The fraction of sp³-hybridized carbons (Fsp3) is 0.450. The summed E-state index contributed by atoms with van der Waals surface area (Å²) in [5, 5.41) is 0. The third kappa shape index (κ3) is 4.36. The van der Waals surface area contributed by atoms with Crippen molar-refractivity contribution in [3.8, 4) is 0 Å². The number of esters is 1. The molecule has 10 heteroatoms. The monoisotopic (exact) mass is 437 g/mol. The largest absolute Gasteiger partial charge is 0.443 e. The van der Waals surface area contributed by atoms with Crippen molar-refractivity contribution in [3.63, 3.8) is 0 Å². The minimum absolute atomic E-state index is 0. The lowest BCUT2D eigenvalue weighted by atomic mass is 10.0. The van der Waals surface area contributed by atoms with Crippen molar-refractivity contribution in [2.45, 2.75) is 32.7 Å². The average Bonchev–Trinajstić information content (AvgIpc) is 2.97. The number of benzene rings is 1. The Morgan fingerprint density at radius 2 is 1.63 bits per heavy atom. The molecule has 2 aliphatic heterocycles. The number of rotatable bonds is 7. The summed E-state index contributed by atoms with van der Waals surface area (Å²) in [7, 11) is 0. The lowest BCUT2D eigenvalue weighted by molar-refractivity contribution is -0.164. The molecule has 0 bridgehead atoms. The van der Waals surface area contributed by atoms with Gasteiger partial charge in [0, 0.05) is 6.42 Å². The summed E-state index contributed by atoms with van der Waals surface area (Å²) in [5.74, 6) is -2.89. The molecule has 162 valence electrons. The van der Waals surface area contributed by atoms with Crippen LogP contribution in [0.5, 0.6) is 0 Å². The minimum Gasteiger partial charge on any atom is -0.443 e. The van der Waals surface area contributed by atoms with Gasteiger partial charge in [0.2, 0.25) is 5.91 Å². The van der Waals surface area contributed by atoms with E-state index in [1.54, 1.807) is 12.1 Å². The molecular weight excluding hydrogens is 414 g/mol. The van der Waals surface area contributed by atoms with Gasteiger partial charge in [-0.15, -0.1) is 12.4 Å². The summed E-state index contributed by atoms with van der Waals surface area (Å²) in [6.45, 7) is 4.65. The van der Waals surface area contributed by atoms with Gasteiger partial charge in [0.15, 0.2) is 6.73 Å². The molecular formula is C20H24ClN3O6. The van der Waals surface area contributed by atoms with Gasteiger partial charge in [0.05, 0.1) is 17.7 Å². The average molecular weight is 438 g/mol. The van der Waals surface area contributed by atoms with Crippen LogP contribution in [-0.4, -0.2) is 76.7 Å². The first-order chi connectivity index (χ1) is 13.9. The van der Waals surface area contributed by atoms with E-state index in [0.29, 0.717) is 13.1 Å². The van der Waals surface area contributed by atoms with Crippen LogP contribution in [0.4, 0.5) is 0 Å². The van der Waals surface area contributed by atoms with Gasteiger partial charge in [-0.05, 0) is 31.6 Å². The van der Waals surface area contributed by atoms with Crippen molar-refractivity contribution in [3.05, 3.63) is 35.4 Å². The third-order valence-corrected chi connectivity index (χ3v) is 5.22. The molecule has 1 unspecified atom stereocenters. The van der Waals surface area contributed by atoms with Gasteiger partial charge < -0.3 is 4.74 Å². The van der Waals surface area contributed by atoms with Gasteiger partial charge >= 0.3 is 5.97 Å². The molecule has 0 radical (unpaired) electrons. The van der Waals surface area contributed by atoms with E-state index in [0.717, 1.165) is 9.80 Å². The number of hydrogen-bond acceptors (Lipinski definition) is 7. The number of halogens is 1. The number of ether oxygens (including phenoxy) is 1. The second-order valence-corrected chi connectivity index (χ2v) is 6.85. The molecule has 1 saturated heterocycles. The molecule has 1 aromatic rings. The van der Waals surface area contributed by atoms with Crippen molar-refractivity contribution < 1.29 is 28.7 Å². The van der Waals surface area contributed by atoms with Gasteiger partial charge in [-0.25, -0.2) is 4.90 Å². The number of likely N-dealkylation sites (tertiary alicyclic amines) is 1. The summed E-state index contributed by atoms with van der Waals surface area (Å²) in [5.41, 5.74) is 0.471. The van der Waals surface area contributed by atoms with Crippen LogP contribution < -0.4 is 0 Å². The third-order valence-electron chi connectivity index (χ3n) is 5.22. The van der Waals surface area contributed by atoms with Crippen LogP contribution in [0.2, 0.25) is 0 Å². The Balaban J connectivity index is 0.00000320. The molecule has 1 aromatic carbocycles. The quantitative estimate of drug-likeness (QED) is 0.464. The molecule has 9 nitrogen and oxygen atoms in total. The molecule has 0 aromatic heterocycles. The second kappa shape index (κ2) is 9.82. The maximum atomic E-state index is 12.9. The molecule has 0 saturated carbocycles. The van der Waals surface area contributed by atoms with Crippen LogP contribution in [0.15, 0.2) is 24.3 Å². The Hall–Kier alpha value is -2.78. The maximum Gasteiger partial charge on any atom is 0.321 e.